The summed E-state index contributed by atoms with van der Waals surface area (Å²) >= 11 is 0. The van der Waals surface area contributed by atoms with Crippen LogP contribution in [0.15, 0.2) is 23.8 Å². The summed E-state index contributed by atoms with van der Waals surface area (Å²) in [6.45, 7) is 2.07. The lowest BCUT2D eigenvalue weighted by Crippen LogP contribution is -2.43. The highest BCUT2D eigenvalue weighted by molar-refractivity contribution is 6.01. The summed E-state index contributed by atoms with van der Waals surface area (Å²) in [6.07, 6.45) is 1.45. The van der Waals surface area contributed by atoms with Gasteiger partial charge in [0.15, 0.2) is 18.1 Å². The van der Waals surface area contributed by atoms with Crippen LogP contribution in [0.3, 0.4) is 0 Å². The van der Waals surface area contributed by atoms with Crippen LogP contribution in [0.4, 0.5) is 0 Å². The summed E-state index contributed by atoms with van der Waals surface area (Å²) < 4.78 is 16.1. The molecule has 0 aliphatic carbocycles. The number of morpholine rings is 1. The Labute approximate surface area is 151 Å². The van der Waals surface area contributed by atoms with Gasteiger partial charge in [0.2, 0.25) is 0 Å². The van der Waals surface area contributed by atoms with Gasteiger partial charge in [-0.25, -0.2) is 0 Å². The maximum atomic E-state index is 12.1. The van der Waals surface area contributed by atoms with E-state index in [-0.39, 0.29) is 18.1 Å². The van der Waals surface area contributed by atoms with Crippen LogP contribution in [0.25, 0.3) is 6.08 Å². The molecule has 138 valence electrons. The first-order valence-corrected chi connectivity index (χ1v) is 8.09. The molecule has 1 heterocycles. The normalized spacial score (nSPS) is 14.3. The molecule has 0 saturated carbocycles. The van der Waals surface area contributed by atoms with Gasteiger partial charge in [-0.15, -0.1) is 0 Å². The predicted octanol–water partition coefficient (Wildman–Crippen LogP) is 0.586. The Morgan fingerprint density at radius 3 is 2.69 bits per heavy atom. The van der Waals surface area contributed by atoms with Crippen LogP contribution in [-0.4, -0.2) is 63.8 Å². The lowest BCUT2D eigenvalue weighted by atomic mass is 10.1. The number of carbonyl (C=O) groups excluding carboxylic acids is 2. The van der Waals surface area contributed by atoms with Crippen molar-refractivity contribution in [2.24, 2.45) is 0 Å². The molecule has 1 aromatic carbocycles. The molecule has 1 fully saturated rings. The third kappa shape index (κ3) is 4.97. The van der Waals surface area contributed by atoms with E-state index in [0.717, 1.165) is 0 Å². The molecule has 0 radical (unpaired) electrons. The topological polar surface area (TPSA) is 101 Å². The molecule has 0 spiro atoms. The molecule has 1 aliphatic heterocycles. The van der Waals surface area contributed by atoms with E-state index in [1.807, 2.05) is 6.07 Å². The van der Waals surface area contributed by atoms with Gasteiger partial charge in [-0.2, -0.15) is 5.26 Å². The van der Waals surface area contributed by atoms with Crippen molar-refractivity contribution in [1.29, 1.82) is 5.26 Å². The second kappa shape index (κ2) is 9.44. The summed E-state index contributed by atoms with van der Waals surface area (Å²) in [6, 6.07) is 6.79. The molecule has 2 amide bonds. The molecule has 2 rings (SSSR count). The number of rotatable bonds is 6. The average Bonchev–Trinajstić information content (AvgIpc) is 2.70. The molecule has 0 atom stereocenters. The summed E-state index contributed by atoms with van der Waals surface area (Å²) in [5.41, 5.74) is 0.583. The molecular formula is C18H21N3O5. The van der Waals surface area contributed by atoms with Crippen molar-refractivity contribution in [3.63, 3.8) is 0 Å². The highest BCUT2D eigenvalue weighted by atomic mass is 16.5. The summed E-state index contributed by atoms with van der Waals surface area (Å²) in [4.78, 5) is 25.4. The Balaban J connectivity index is 2.08. The van der Waals surface area contributed by atoms with E-state index in [4.69, 9.17) is 19.5 Å². The van der Waals surface area contributed by atoms with Crippen LogP contribution in [-0.2, 0) is 14.3 Å². The highest BCUT2D eigenvalue weighted by Gasteiger charge is 2.18. The van der Waals surface area contributed by atoms with Gasteiger partial charge >= 0.3 is 0 Å². The van der Waals surface area contributed by atoms with Gasteiger partial charge in [0.1, 0.15) is 11.6 Å². The second-order valence-corrected chi connectivity index (χ2v) is 5.44. The first kappa shape index (κ1) is 19.3. The number of amides is 2. The largest absolute Gasteiger partial charge is 0.493 e. The van der Waals surface area contributed by atoms with Gasteiger partial charge in [-0.1, -0.05) is 6.07 Å². The number of nitrogens with zero attached hydrogens (tertiary/aromatic N) is 2. The van der Waals surface area contributed by atoms with Crippen LogP contribution >= 0.6 is 0 Å². The van der Waals surface area contributed by atoms with Gasteiger partial charge < -0.3 is 24.4 Å². The van der Waals surface area contributed by atoms with Crippen molar-refractivity contribution in [1.82, 2.24) is 10.2 Å². The average molecular weight is 359 g/mol. The zero-order valence-electron chi connectivity index (χ0n) is 14.8. The first-order valence-electron chi connectivity index (χ1n) is 8.09. The van der Waals surface area contributed by atoms with E-state index < -0.39 is 5.91 Å². The smallest absolute Gasteiger partial charge is 0.261 e. The Morgan fingerprint density at radius 1 is 1.35 bits per heavy atom. The molecule has 1 aliphatic rings. The lowest BCUT2D eigenvalue weighted by molar-refractivity contribution is -0.137. The number of benzene rings is 1. The van der Waals surface area contributed by atoms with E-state index in [1.165, 1.54) is 20.2 Å². The number of likely N-dealkylation sites (N-methyl/N-ethyl adjacent to an activating group) is 1. The Bertz CT molecular complexity index is 733. The molecule has 1 N–H and O–H groups in total. The molecule has 26 heavy (non-hydrogen) atoms. The first-order chi connectivity index (χ1) is 12.6. The maximum Gasteiger partial charge on any atom is 0.261 e. The quantitative estimate of drug-likeness (QED) is 0.589. The van der Waals surface area contributed by atoms with E-state index in [2.05, 4.69) is 5.32 Å². The van der Waals surface area contributed by atoms with Crippen LogP contribution in [0.5, 0.6) is 11.5 Å². The van der Waals surface area contributed by atoms with Crippen molar-refractivity contribution < 1.29 is 23.8 Å². The fourth-order valence-corrected chi connectivity index (χ4v) is 2.39. The Hall–Kier alpha value is -3.05. The monoisotopic (exact) mass is 359 g/mol. The van der Waals surface area contributed by atoms with Gasteiger partial charge in [0, 0.05) is 20.1 Å². The van der Waals surface area contributed by atoms with Crippen molar-refractivity contribution in [3.05, 3.63) is 29.3 Å². The van der Waals surface area contributed by atoms with Crippen molar-refractivity contribution in [2.75, 3.05) is 47.1 Å². The van der Waals surface area contributed by atoms with Crippen LogP contribution in [0.1, 0.15) is 5.56 Å². The third-order valence-electron chi connectivity index (χ3n) is 3.81. The molecule has 1 saturated heterocycles. The standard InChI is InChI=1S/C18H21N3O5/c1-20-18(23)14(11-19)9-13-3-4-15(16(10-13)24-2)26-12-17(22)21-5-7-25-8-6-21/h3-4,9-10H,5-8,12H2,1-2H3,(H,20,23)/b14-9-. The minimum Gasteiger partial charge on any atom is -0.493 e. The highest BCUT2D eigenvalue weighted by Crippen LogP contribution is 2.29. The lowest BCUT2D eigenvalue weighted by Gasteiger charge is -2.26. The molecule has 0 aromatic heterocycles. The molecule has 8 nitrogen and oxygen atoms in total. The number of carbonyl (C=O) groups is 2. The van der Waals surface area contributed by atoms with Gasteiger partial charge in [-0.05, 0) is 23.8 Å². The zero-order chi connectivity index (χ0) is 18.9. The summed E-state index contributed by atoms with van der Waals surface area (Å²) in [7, 11) is 2.93. The summed E-state index contributed by atoms with van der Waals surface area (Å²) in [5.74, 6) is 0.223. The number of ether oxygens (including phenoxy) is 3. The molecular weight excluding hydrogens is 338 g/mol. The van der Waals surface area contributed by atoms with E-state index >= 15 is 0 Å². The van der Waals surface area contributed by atoms with Crippen LogP contribution in [0, 0.1) is 11.3 Å². The number of hydrogen-bond donors (Lipinski definition) is 1. The molecule has 8 heteroatoms. The number of hydrogen-bond acceptors (Lipinski definition) is 6. The Morgan fingerprint density at radius 2 is 2.08 bits per heavy atom. The number of methoxy groups -OCH3 is 1. The van der Waals surface area contributed by atoms with E-state index in [1.54, 1.807) is 23.1 Å². The minimum absolute atomic E-state index is 0.0225. The third-order valence-corrected chi connectivity index (χ3v) is 3.81. The van der Waals surface area contributed by atoms with Crippen molar-refractivity contribution in [2.45, 2.75) is 0 Å². The van der Waals surface area contributed by atoms with E-state index in [9.17, 15) is 9.59 Å². The predicted molar refractivity (Wildman–Crippen MR) is 93.5 cm³/mol. The SMILES string of the molecule is CNC(=O)/C(C#N)=C\c1ccc(OCC(=O)N2CCOCC2)c(OC)c1. The minimum atomic E-state index is -0.470. The van der Waals surface area contributed by atoms with Gasteiger partial charge in [0.05, 0.1) is 20.3 Å². The van der Waals surface area contributed by atoms with Gasteiger partial charge in [-0.3, -0.25) is 9.59 Å². The van der Waals surface area contributed by atoms with Crippen molar-refractivity contribution in [3.8, 4) is 17.6 Å². The molecule has 0 unspecified atom stereocenters. The number of nitriles is 1. The Kier molecular flexibility index (Phi) is 7.00. The zero-order valence-corrected chi connectivity index (χ0v) is 14.8. The fourth-order valence-electron chi connectivity index (χ4n) is 2.39. The molecule has 0 bridgehead atoms. The number of nitrogens with one attached hydrogen (secondary N) is 1. The van der Waals surface area contributed by atoms with E-state index in [0.29, 0.717) is 43.4 Å². The van der Waals surface area contributed by atoms with Crippen molar-refractivity contribution >= 4 is 17.9 Å². The fraction of sp³-hybridized carbons (Fsp3) is 0.389. The maximum absolute atomic E-state index is 12.1. The summed E-state index contributed by atoms with van der Waals surface area (Å²) in [5, 5.41) is 11.5. The second-order valence-electron chi connectivity index (χ2n) is 5.44. The molecule has 1 aromatic rings. The van der Waals surface area contributed by atoms with Crippen LogP contribution < -0.4 is 14.8 Å². The van der Waals surface area contributed by atoms with Gasteiger partial charge in [0.25, 0.3) is 11.8 Å². The van der Waals surface area contributed by atoms with Crippen LogP contribution in [0.2, 0.25) is 0 Å².